The molecule has 0 bridgehead atoms. The Morgan fingerprint density at radius 2 is 2.09 bits per heavy atom. The number of anilines is 2. The van der Waals surface area contributed by atoms with Crippen LogP contribution in [0.15, 0.2) is 33.9 Å². The monoisotopic (exact) mass is 356 g/mol. The van der Waals surface area contributed by atoms with Crippen LogP contribution in [0.1, 0.15) is 0 Å². The SMILES string of the molecule is NC(N)=NCC(=O)Nc1ccc(S(=O)(=O)Nc2cncs2)nn1. The van der Waals surface area contributed by atoms with Crippen molar-refractivity contribution in [2.45, 2.75) is 5.03 Å². The fraction of sp³-hybridized carbons (Fsp3) is 0.100. The summed E-state index contributed by atoms with van der Waals surface area (Å²) in [6.07, 6.45) is 1.37. The summed E-state index contributed by atoms with van der Waals surface area (Å²) in [5.74, 6) is -0.676. The van der Waals surface area contributed by atoms with Gasteiger partial charge < -0.3 is 16.8 Å². The molecule has 0 unspecified atom stereocenters. The first-order valence-electron chi connectivity index (χ1n) is 5.97. The molecule has 13 heteroatoms. The number of rotatable bonds is 6. The second kappa shape index (κ2) is 6.97. The Bertz CT molecular complexity index is 797. The van der Waals surface area contributed by atoms with Gasteiger partial charge in [-0.2, -0.15) is 8.42 Å². The first kappa shape index (κ1) is 16.6. The molecule has 0 aromatic carbocycles. The Hall–Kier alpha value is -2.80. The number of thiazole rings is 1. The smallest absolute Gasteiger partial charge is 0.281 e. The normalized spacial score (nSPS) is 10.8. The Morgan fingerprint density at radius 1 is 1.30 bits per heavy atom. The fourth-order valence-electron chi connectivity index (χ4n) is 1.33. The lowest BCUT2D eigenvalue weighted by atomic mass is 10.5. The molecule has 0 spiro atoms. The number of carbonyl (C=O) groups is 1. The van der Waals surface area contributed by atoms with Crippen molar-refractivity contribution in [2.24, 2.45) is 16.5 Å². The number of guanidine groups is 1. The number of sulfonamides is 1. The van der Waals surface area contributed by atoms with Gasteiger partial charge in [-0.25, -0.2) is 4.99 Å². The Morgan fingerprint density at radius 3 is 2.65 bits per heavy atom. The maximum absolute atomic E-state index is 12.0. The van der Waals surface area contributed by atoms with Gasteiger partial charge in [0, 0.05) is 0 Å². The van der Waals surface area contributed by atoms with Gasteiger partial charge >= 0.3 is 0 Å². The molecule has 1 amide bonds. The predicted octanol–water partition coefficient (Wildman–Crippen LogP) is -1.05. The molecule has 122 valence electrons. The van der Waals surface area contributed by atoms with Crippen molar-refractivity contribution in [2.75, 3.05) is 16.6 Å². The summed E-state index contributed by atoms with van der Waals surface area (Å²) in [6, 6.07) is 2.49. The molecule has 2 aromatic heterocycles. The number of hydrogen-bond acceptors (Lipinski definition) is 8. The maximum atomic E-state index is 12.0. The lowest BCUT2D eigenvalue weighted by Crippen LogP contribution is -2.25. The van der Waals surface area contributed by atoms with E-state index in [1.165, 1.54) is 23.8 Å². The average Bonchev–Trinajstić information content (AvgIpc) is 2.98. The van der Waals surface area contributed by atoms with E-state index in [4.69, 9.17) is 11.5 Å². The van der Waals surface area contributed by atoms with Crippen LogP contribution < -0.4 is 21.5 Å². The molecule has 0 atom stereocenters. The highest BCUT2D eigenvalue weighted by molar-refractivity contribution is 7.92. The van der Waals surface area contributed by atoms with E-state index in [0.29, 0.717) is 5.00 Å². The van der Waals surface area contributed by atoms with E-state index in [0.717, 1.165) is 11.3 Å². The predicted molar refractivity (Wildman–Crippen MR) is 84.3 cm³/mol. The largest absolute Gasteiger partial charge is 0.370 e. The van der Waals surface area contributed by atoms with Gasteiger partial charge in [0.25, 0.3) is 10.0 Å². The van der Waals surface area contributed by atoms with E-state index in [1.807, 2.05) is 0 Å². The quantitative estimate of drug-likeness (QED) is 0.374. The van der Waals surface area contributed by atoms with Crippen molar-refractivity contribution in [3.05, 3.63) is 23.8 Å². The summed E-state index contributed by atoms with van der Waals surface area (Å²) in [5, 5.41) is 9.60. The van der Waals surface area contributed by atoms with E-state index in [-0.39, 0.29) is 23.3 Å². The molecule has 23 heavy (non-hydrogen) atoms. The lowest BCUT2D eigenvalue weighted by Gasteiger charge is -2.05. The van der Waals surface area contributed by atoms with E-state index in [9.17, 15) is 13.2 Å². The summed E-state index contributed by atoms with van der Waals surface area (Å²) >= 11 is 1.12. The average molecular weight is 356 g/mol. The molecule has 0 saturated heterocycles. The Labute approximate surface area is 134 Å². The van der Waals surface area contributed by atoms with E-state index < -0.39 is 15.9 Å². The molecule has 0 aliphatic heterocycles. The highest BCUT2D eigenvalue weighted by Gasteiger charge is 2.17. The minimum atomic E-state index is -3.87. The number of amides is 1. The van der Waals surface area contributed by atoms with Crippen molar-refractivity contribution in [3.8, 4) is 0 Å². The van der Waals surface area contributed by atoms with E-state index in [2.05, 4.69) is 30.2 Å². The van der Waals surface area contributed by atoms with Crippen LogP contribution in [-0.4, -0.2) is 42.0 Å². The zero-order valence-corrected chi connectivity index (χ0v) is 13.1. The Balaban J connectivity index is 2.04. The van der Waals surface area contributed by atoms with Crippen LogP contribution in [0.2, 0.25) is 0 Å². The van der Waals surface area contributed by atoms with Gasteiger partial charge in [0.1, 0.15) is 11.5 Å². The summed E-state index contributed by atoms with van der Waals surface area (Å²) in [7, 11) is -3.87. The number of nitrogens with one attached hydrogen (secondary N) is 2. The summed E-state index contributed by atoms with van der Waals surface area (Å²) < 4.78 is 26.4. The molecule has 11 nitrogen and oxygen atoms in total. The van der Waals surface area contributed by atoms with Gasteiger partial charge in [-0.3, -0.25) is 14.5 Å². The van der Waals surface area contributed by atoms with Crippen LogP contribution in [0.5, 0.6) is 0 Å². The molecule has 0 aliphatic rings. The maximum Gasteiger partial charge on any atom is 0.281 e. The minimum Gasteiger partial charge on any atom is -0.370 e. The van der Waals surface area contributed by atoms with Gasteiger partial charge in [0.2, 0.25) is 5.91 Å². The minimum absolute atomic E-state index is 0.0672. The zero-order valence-electron chi connectivity index (χ0n) is 11.5. The molecule has 2 rings (SSSR count). The van der Waals surface area contributed by atoms with Crippen molar-refractivity contribution in [1.29, 1.82) is 0 Å². The topological polar surface area (TPSA) is 178 Å². The molecule has 2 heterocycles. The number of carbonyl (C=O) groups excluding carboxylic acids is 1. The van der Waals surface area contributed by atoms with Gasteiger partial charge in [-0.15, -0.1) is 21.5 Å². The van der Waals surface area contributed by atoms with Crippen LogP contribution >= 0.6 is 11.3 Å². The number of hydrogen-bond donors (Lipinski definition) is 4. The van der Waals surface area contributed by atoms with Gasteiger partial charge in [0.15, 0.2) is 16.8 Å². The molecule has 6 N–H and O–H groups in total. The number of aliphatic imine (C=N–C) groups is 1. The van der Waals surface area contributed by atoms with Crippen molar-refractivity contribution in [1.82, 2.24) is 15.2 Å². The first-order chi connectivity index (χ1) is 10.9. The molecular weight excluding hydrogens is 344 g/mol. The third kappa shape index (κ3) is 4.86. The summed E-state index contributed by atoms with van der Waals surface area (Å²) in [4.78, 5) is 18.8. The van der Waals surface area contributed by atoms with Crippen molar-refractivity contribution >= 4 is 44.0 Å². The standard InChI is InChI=1S/C10H12N8O3S2/c11-10(12)14-3-7(19)15-6-1-2-9(17-16-6)23(20,21)18-8-4-13-5-22-8/h1-2,4-5,18H,3H2,(H4,11,12,14)(H,15,16,19). The molecule has 0 aliphatic carbocycles. The first-order valence-corrected chi connectivity index (χ1v) is 8.33. The number of nitrogens with two attached hydrogens (primary N) is 2. The summed E-state index contributed by atoms with van der Waals surface area (Å²) in [5.41, 5.74) is 11.7. The van der Waals surface area contributed by atoms with Gasteiger partial charge in [-0.05, 0) is 12.1 Å². The van der Waals surface area contributed by atoms with Crippen LogP contribution in [0.25, 0.3) is 0 Å². The van der Waals surface area contributed by atoms with Crippen LogP contribution in [0.4, 0.5) is 10.8 Å². The second-order valence-electron chi connectivity index (χ2n) is 4.02. The second-order valence-corrected chi connectivity index (χ2v) is 6.53. The van der Waals surface area contributed by atoms with Gasteiger partial charge in [0.05, 0.1) is 11.7 Å². The van der Waals surface area contributed by atoms with Crippen molar-refractivity contribution in [3.63, 3.8) is 0 Å². The lowest BCUT2D eigenvalue weighted by molar-refractivity contribution is -0.114. The number of aromatic nitrogens is 3. The molecule has 0 saturated carbocycles. The third-order valence-electron chi connectivity index (χ3n) is 2.26. The van der Waals surface area contributed by atoms with Crippen LogP contribution in [-0.2, 0) is 14.8 Å². The third-order valence-corrected chi connectivity index (χ3v) is 4.33. The highest BCUT2D eigenvalue weighted by atomic mass is 32.2. The molecular formula is C10H12N8O3S2. The van der Waals surface area contributed by atoms with E-state index >= 15 is 0 Å². The number of nitrogens with zero attached hydrogens (tertiary/aromatic N) is 4. The molecule has 0 radical (unpaired) electrons. The van der Waals surface area contributed by atoms with Crippen LogP contribution in [0, 0.1) is 0 Å². The molecule has 2 aromatic rings. The summed E-state index contributed by atoms with van der Waals surface area (Å²) in [6.45, 7) is -0.281. The van der Waals surface area contributed by atoms with Gasteiger partial charge in [-0.1, -0.05) is 0 Å². The zero-order chi connectivity index (χ0) is 16.9. The highest BCUT2D eigenvalue weighted by Crippen LogP contribution is 2.17. The Kier molecular flexibility index (Phi) is 5.02. The van der Waals surface area contributed by atoms with Crippen molar-refractivity contribution < 1.29 is 13.2 Å². The van der Waals surface area contributed by atoms with Crippen LogP contribution in [0.3, 0.4) is 0 Å². The fourth-order valence-corrected chi connectivity index (χ4v) is 3.02. The molecule has 0 fully saturated rings. The van der Waals surface area contributed by atoms with E-state index in [1.54, 1.807) is 0 Å².